The van der Waals surface area contributed by atoms with E-state index in [1.54, 1.807) is 0 Å². The van der Waals surface area contributed by atoms with Crippen molar-refractivity contribution in [3.05, 3.63) is 47.5 Å². The lowest BCUT2D eigenvalue weighted by Gasteiger charge is -2.69. The quantitative estimate of drug-likeness (QED) is 0.353. The standard InChI is InChI=1S/C33H46N2O5/c1-20(2)23-18-33-16-13-24-31(3,14-10-15-32(24,4)29(37)40-6)25(33)17-22(23)26(28(36)39-5)27(33)35-30(38)34-19-21-11-8-7-9-12-21/h7-9,11-12,18,20,22,24-27H,10,13-17,19H2,1-6H3,(H2,34,35,38)/t22?,24?,25?,26-,27-,31+,32-,33?/m1/s1. The van der Waals surface area contributed by atoms with Gasteiger partial charge in [0.25, 0.3) is 0 Å². The Morgan fingerprint density at radius 3 is 2.38 bits per heavy atom. The number of nitrogens with one attached hydrogen (secondary N) is 2. The molecule has 5 aliphatic rings. The Kier molecular flexibility index (Phi) is 7.56. The molecule has 3 fully saturated rings. The van der Waals surface area contributed by atoms with E-state index in [1.807, 2.05) is 30.3 Å². The fraction of sp³-hybridized carbons (Fsp3) is 0.667. The van der Waals surface area contributed by atoms with E-state index in [2.05, 4.69) is 44.4 Å². The van der Waals surface area contributed by atoms with Crippen molar-refractivity contribution in [2.24, 2.45) is 45.8 Å². The van der Waals surface area contributed by atoms with Crippen molar-refractivity contribution in [2.75, 3.05) is 14.2 Å². The van der Waals surface area contributed by atoms with Crippen molar-refractivity contribution in [3.8, 4) is 0 Å². The molecule has 1 aromatic rings. The van der Waals surface area contributed by atoms with Crippen LogP contribution in [0.25, 0.3) is 0 Å². The van der Waals surface area contributed by atoms with Gasteiger partial charge in [-0.25, -0.2) is 4.79 Å². The van der Waals surface area contributed by atoms with Gasteiger partial charge in [0.2, 0.25) is 0 Å². The summed E-state index contributed by atoms with van der Waals surface area (Å²) in [6, 6.07) is 9.18. The molecule has 4 unspecified atom stereocenters. The van der Waals surface area contributed by atoms with Crippen LogP contribution in [0.2, 0.25) is 0 Å². The van der Waals surface area contributed by atoms with Crippen LogP contribution in [0, 0.1) is 45.8 Å². The Morgan fingerprint density at radius 1 is 1.00 bits per heavy atom. The van der Waals surface area contributed by atoms with E-state index in [-0.39, 0.29) is 47.2 Å². The average Bonchev–Trinajstić information content (AvgIpc) is 2.95. The molecule has 2 bridgehead atoms. The summed E-state index contributed by atoms with van der Waals surface area (Å²) < 4.78 is 10.8. The lowest BCUT2D eigenvalue weighted by molar-refractivity contribution is -0.195. The number of methoxy groups -OCH3 is 2. The minimum absolute atomic E-state index is 0.0133. The van der Waals surface area contributed by atoms with E-state index in [1.165, 1.54) is 19.8 Å². The smallest absolute Gasteiger partial charge is 0.315 e. The molecule has 8 atom stereocenters. The first-order chi connectivity index (χ1) is 19.0. The summed E-state index contributed by atoms with van der Waals surface area (Å²) >= 11 is 0. The van der Waals surface area contributed by atoms with Crippen LogP contribution < -0.4 is 10.6 Å². The highest BCUT2D eigenvalue weighted by atomic mass is 16.5. The van der Waals surface area contributed by atoms with Crippen molar-refractivity contribution >= 4 is 18.0 Å². The van der Waals surface area contributed by atoms with Crippen LogP contribution >= 0.6 is 0 Å². The van der Waals surface area contributed by atoms with Gasteiger partial charge in [-0.05, 0) is 73.7 Å². The molecule has 5 aliphatic carbocycles. The molecule has 0 aliphatic heterocycles. The van der Waals surface area contributed by atoms with Crippen molar-refractivity contribution in [3.63, 3.8) is 0 Å². The number of allylic oxidation sites excluding steroid dienone is 1. The second-order valence-corrected chi connectivity index (χ2v) is 13.5. The normalized spacial score (nSPS) is 38.0. The summed E-state index contributed by atoms with van der Waals surface area (Å²) in [7, 11) is 2.95. The number of rotatable bonds is 6. The molecular formula is C33H46N2O5. The number of hydrogen-bond donors (Lipinski definition) is 2. The number of benzene rings is 1. The zero-order chi connectivity index (χ0) is 28.9. The van der Waals surface area contributed by atoms with Crippen LogP contribution in [0.15, 0.2) is 42.0 Å². The van der Waals surface area contributed by atoms with Gasteiger partial charge in [-0.3, -0.25) is 9.59 Å². The van der Waals surface area contributed by atoms with Crippen LogP contribution in [0.4, 0.5) is 4.79 Å². The van der Waals surface area contributed by atoms with Crippen molar-refractivity contribution < 1.29 is 23.9 Å². The largest absolute Gasteiger partial charge is 0.469 e. The van der Waals surface area contributed by atoms with Crippen molar-refractivity contribution in [1.29, 1.82) is 0 Å². The van der Waals surface area contributed by atoms with E-state index in [0.717, 1.165) is 44.1 Å². The third-order valence-electron chi connectivity index (χ3n) is 11.4. The molecule has 218 valence electrons. The van der Waals surface area contributed by atoms with E-state index < -0.39 is 16.7 Å². The van der Waals surface area contributed by atoms with Crippen LogP contribution in [0.1, 0.15) is 71.8 Å². The van der Waals surface area contributed by atoms with Gasteiger partial charge in [0.05, 0.1) is 31.6 Å². The monoisotopic (exact) mass is 550 g/mol. The molecule has 0 saturated heterocycles. The maximum Gasteiger partial charge on any atom is 0.315 e. The van der Waals surface area contributed by atoms with E-state index >= 15 is 0 Å². The highest BCUT2D eigenvalue weighted by Crippen LogP contribution is 2.72. The van der Waals surface area contributed by atoms with Gasteiger partial charge in [-0.2, -0.15) is 0 Å². The number of urea groups is 1. The molecule has 40 heavy (non-hydrogen) atoms. The number of hydrogen-bond acceptors (Lipinski definition) is 5. The Hall–Kier alpha value is -2.83. The highest BCUT2D eigenvalue weighted by molar-refractivity contribution is 5.80. The predicted molar refractivity (Wildman–Crippen MR) is 153 cm³/mol. The number of fused-ring (bicyclic) bond motifs is 2. The molecule has 0 heterocycles. The summed E-state index contributed by atoms with van der Waals surface area (Å²) in [4.78, 5) is 40.1. The third-order valence-corrected chi connectivity index (χ3v) is 11.4. The second kappa shape index (κ2) is 10.5. The van der Waals surface area contributed by atoms with Gasteiger partial charge < -0.3 is 20.1 Å². The number of carbonyl (C=O) groups excluding carboxylic acids is 3. The number of esters is 2. The minimum Gasteiger partial charge on any atom is -0.469 e. The molecule has 0 aromatic heterocycles. The number of carbonyl (C=O) groups is 3. The lowest BCUT2D eigenvalue weighted by atomic mass is 9.35. The van der Waals surface area contributed by atoms with Gasteiger partial charge in [-0.1, -0.05) is 69.2 Å². The van der Waals surface area contributed by atoms with Gasteiger partial charge in [-0.15, -0.1) is 0 Å². The average molecular weight is 551 g/mol. The van der Waals surface area contributed by atoms with E-state index in [9.17, 15) is 14.4 Å². The van der Waals surface area contributed by atoms with Gasteiger partial charge in [0.15, 0.2) is 0 Å². The highest BCUT2D eigenvalue weighted by Gasteiger charge is 2.70. The predicted octanol–water partition coefficient (Wildman–Crippen LogP) is 5.64. The minimum atomic E-state index is -0.525. The first-order valence-corrected chi connectivity index (χ1v) is 15.0. The molecule has 7 heteroatoms. The zero-order valence-corrected chi connectivity index (χ0v) is 24.9. The van der Waals surface area contributed by atoms with E-state index in [0.29, 0.717) is 12.5 Å². The van der Waals surface area contributed by atoms with Crippen LogP contribution in [0.5, 0.6) is 0 Å². The molecular weight excluding hydrogens is 504 g/mol. The number of ether oxygens (including phenoxy) is 2. The molecule has 1 aromatic carbocycles. The second-order valence-electron chi connectivity index (χ2n) is 13.5. The topological polar surface area (TPSA) is 93.7 Å². The lowest BCUT2D eigenvalue weighted by Crippen LogP contribution is -2.71. The Labute approximate surface area is 238 Å². The molecule has 2 amide bonds. The van der Waals surface area contributed by atoms with Crippen LogP contribution in [-0.4, -0.2) is 38.2 Å². The zero-order valence-electron chi connectivity index (χ0n) is 24.9. The molecule has 2 N–H and O–H groups in total. The Balaban J connectivity index is 1.54. The summed E-state index contributed by atoms with van der Waals surface area (Å²) in [5, 5.41) is 6.34. The summed E-state index contributed by atoms with van der Waals surface area (Å²) in [6.45, 7) is 9.27. The van der Waals surface area contributed by atoms with Crippen molar-refractivity contribution in [2.45, 2.75) is 78.8 Å². The fourth-order valence-corrected chi connectivity index (χ4v) is 9.72. The van der Waals surface area contributed by atoms with Crippen LogP contribution in [-0.2, 0) is 25.6 Å². The molecule has 6 rings (SSSR count). The SMILES string of the molecule is COC(=O)[C@@H]1C2CC3C(C=C2C(C)C)(CCC2[C@]3(C)CCC[C@@]2(C)C(=O)OC)[C@@H]1NC(=O)NCc1ccccc1. The van der Waals surface area contributed by atoms with Crippen LogP contribution in [0.3, 0.4) is 0 Å². The van der Waals surface area contributed by atoms with Crippen molar-refractivity contribution in [1.82, 2.24) is 10.6 Å². The first kappa shape index (κ1) is 28.7. The fourth-order valence-electron chi connectivity index (χ4n) is 9.72. The van der Waals surface area contributed by atoms with Gasteiger partial charge in [0, 0.05) is 12.0 Å². The molecule has 7 nitrogen and oxygen atoms in total. The summed E-state index contributed by atoms with van der Waals surface area (Å²) in [6.07, 6.45) is 7.82. The van der Waals surface area contributed by atoms with Gasteiger partial charge >= 0.3 is 18.0 Å². The third kappa shape index (κ3) is 4.35. The van der Waals surface area contributed by atoms with E-state index in [4.69, 9.17) is 9.47 Å². The number of amides is 2. The molecule has 0 radical (unpaired) electrons. The maximum absolute atomic E-state index is 13.5. The molecule has 1 spiro atoms. The summed E-state index contributed by atoms with van der Waals surface area (Å²) in [5.74, 6) is -0.103. The Bertz CT molecular complexity index is 1180. The van der Waals surface area contributed by atoms with Gasteiger partial charge in [0.1, 0.15) is 0 Å². The first-order valence-electron chi connectivity index (χ1n) is 15.0. The maximum atomic E-state index is 13.5. The Morgan fingerprint density at radius 2 is 1.73 bits per heavy atom. The molecule has 3 saturated carbocycles. The summed E-state index contributed by atoms with van der Waals surface area (Å²) in [5.41, 5.74) is 1.29.